The highest BCUT2D eigenvalue weighted by molar-refractivity contribution is 7.99. The first-order valence-corrected chi connectivity index (χ1v) is 6.59. The zero-order valence-corrected chi connectivity index (χ0v) is 9.97. The molecule has 0 saturated heterocycles. The molecule has 1 nitrogen and oxygen atoms in total. The Morgan fingerprint density at radius 1 is 1.50 bits per heavy atom. The van der Waals surface area contributed by atoms with Gasteiger partial charge in [-0.1, -0.05) is 11.6 Å². The van der Waals surface area contributed by atoms with Gasteiger partial charge in [0, 0.05) is 25.4 Å². The minimum Gasteiger partial charge on any atom is -0.392 e. The average Bonchev–Trinajstić information content (AvgIpc) is 2.58. The van der Waals surface area contributed by atoms with Gasteiger partial charge in [-0.3, -0.25) is 0 Å². The van der Waals surface area contributed by atoms with Crippen molar-refractivity contribution in [2.75, 3.05) is 6.26 Å². The van der Waals surface area contributed by atoms with E-state index in [1.807, 2.05) is 12.1 Å². The first kappa shape index (κ1) is 10.3. The van der Waals surface area contributed by atoms with Gasteiger partial charge in [0.1, 0.15) is 0 Å². The summed E-state index contributed by atoms with van der Waals surface area (Å²) >= 11 is 9.40. The molecular weight excluding hydrogens is 236 g/mol. The molecule has 2 rings (SSSR count). The smallest absolute Gasteiger partial charge is 0.0696 e. The summed E-state index contributed by atoms with van der Waals surface area (Å²) in [5, 5.41) is 13.0. The molecule has 2 aromatic rings. The van der Waals surface area contributed by atoms with Gasteiger partial charge < -0.3 is 5.11 Å². The lowest BCUT2D eigenvalue weighted by Crippen LogP contribution is -1.83. The molecule has 0 atom stereocenters. The van der Waals surface area contributed by atoms with Crippen LogP contribution in [0.2, 0.25) is 5.02 Å². The Morgan fingerprint density at radius 3 is 2.93 bits per heavy atom. The van der Waals surface area contributed by atoms with Crippen LogP contribution >= 0.6 is 34.7 Å². The van der Waals surface area contributed by atoms with E-state index >= 15 is 0 Å². The SMILES string of the molecule is CSc1csc2cc(Cl)c(CO)cc12. The molecular formula is C10H9ClOS2. The van der Waals surface area contributed by atoms with Crippen LogP contribution in [0.3, 0.4) is 0 Å². The number of rotatable bonds is 2. The third kappa shape index (κ3) is 1.65. The normalized spacial score (nSPS) is 11.1. The number of thiophene rings is 1. The van der Waals surface area contributed by atoms with Crippen molar-refractivity contribution in [1.82, 2.24) is 0 Å². The molecule has 0 aliphatic rings. The van der Waals surface area contributed by atoms with E-state index in [0.29, 0.717) is 5.02 Å². The van der Waals surface area contributed by atoms with Crippen LogP contribution in [0.4, 0.5) is 0 Å². The molecule has 0 aliphatic carbocycles. The zero-order valence-electron chi connectivity index (χ0n) is 7.58. The Balaban J connectivity index is 2.70. The molecule has 0 amide bonds. The summed E-state index contributed by atoms with van der Waals surface area (Å²) in [6.45, 7) is -0.00155. The second kappa shape index (κ2) is 4.11. The minimum absolute atomic E-state index is 0.00155. The van der Waals surface area contributed by atoms with Crippen LogP contribution in [0.1, 0.15) is 5.56 Å². The van der Waals surface area contributed by atoms with Gasteiger partial charge in [0.15, 0.2) is 0 Å². The van der Waals surface area contributed by atoms with E-state index in [-0.39, 0.29) is 6.61 Å². The molecule has 4 heteroatoms. The van der Waals surface area contributed by atoms with E-state index in [1.54, 1.807) is 23.1 Å². The largest absolute Gasteiger partial charge is 0.392 e. The van der Waals surface area contributed by atoms with Crippen LogP contribution in [0.5, 0.6) is 0 Å². The number of aliphatic hydroxyl groups excluding tert-OH is 1. The summed E-state index contributed by atoms with van der Waals surface area (Å²) in [7, 11) is 0. The number of benzene rings is 1. The van der Waals surface area contributed by atoms with Crippen molar-refractivity contribution < 1.29 is 5.11 Å². The third-order valence-corrected chi connectivity index (χ3v) is 4.32. The maximum atomic E-state index is 9.09. The van der Waals surface area contributed by atoms with Crippen LogP contribution in [0, 0.1) is 0 Å². The van der Waals surface area contributed by atoms with Crippen molar-refractivity contribution >= 4 is 44.8 Å². The van der Waals surface area contributed by atoms with Crippen LogP contribution in [-0.2, 0) is 6.61 Å². The standard InChI is InChI=1S/C10H9ClOS2/c1-13-10-5-14-9-3-8(11)6(4-12)2-7(9)10/h2-3,5,12H,4H2,1H3. The molecule has 1 heterocycles. The fraction of sp³-hybridized carbons (Fsp3) is 0.200. The van der Waals surface area contributed by atoms with Gasteiger partial charge >= 0.3 is 0 Å². The predicted octanol–water partition coefficient (Wildman–Crippen LogP) is 3.77. The van der Waals surface area contributed by atoms with Crippen molar-refractivity contribution in [2.24, 2.45) is 0 Å². The topological polar surface area (TPSA) is 20.2 Å². The van der Waals surface area contributed by atoms with Gasteiger partial charge in [0.05, 0.1) is 6.61 Å². The molecule has 1 N–H and O–H groups in total. The van der Waals surface area contributed by atoms with Gasteiger partial charge in [0.25, 0.3) is 0 Å². The highest BCUT2D eigenvalue weighted by Gasteiger charge is 2.07. The Labute approximate surface area is 95.7 Å². The van der Waals surface area contributed by atoms with Gasteiger partial charge in [-0.15, -0.1) is 23.1 Å². The van der Waals surface area contributed by atoms with Crippen LogP contribution < -0.4 is 0 Å². The molecule has 74 valence electrons. The van der Waals surface area contributed by atoms with Crippen molar-refractivity contribution in [1.29, 1.82) is 0 Å². The minimum atomic E-state index is -0.00155. The summed E-state index contributed by atoms with van der Waals surface area (Å²) in [5.41, 5.74) is 0.799. The number of fused-ring (bicyclic) bond motifs is 1. The summed E-state index contributed by atoms with van der Waals surface area (Å²) in [6, 6.07) is 3.90. The van der Waals surface area contributed by atoms with E-state index in [2.05, 4.69) is 11.6 Å². The van der Waals surface area contributed by atoms with E-state index in [4.69, 9.17) is 16.7 Å². The first-order valence-electron chi connectivity index (χ1n) is 4.10. The molecule has 0 saturated carbocycles. The Bertz CT molecular complexity index is 464. The number of halogens is 1. The molecule has 0 fully saturated rings. The molecule has 0 spiro atoms. The maximum absolute atomic E-state index is 9.09. The third-order valence-electron chi connectivity index (χ3n) is 2.10. The van der Waals surface area contributed by atoms with Gasteiger partial charge in [-0.2, -0.15) is 0 Å². The summed E-state index contributed by atoms with van der Waals surface area (Å²) in [5.74, 6) is 0. The number of hydrogen-bond acceptors (Lipinski definition) is 3. The average molecular weight is 245 g/mol. The van der Waals surface area contributed by atoms with Crippen LogP contribution in [0.15, 0.2) is 22.4 Å². The van der Waals surface area contributed by atoms with Gasteiger partial charge in [-0.05, 0) is 24.0 Å². The van der Waals surface area contributed by atoms with E-state index < -0.39 is 0 Å². The Morgan fingerprint density at radius 2 is 2.29 bits per heavy atom. The lowest BCUT2D eigenvalue weighted by atomic mass is 10.2. The fourth-order valence-electron chi connectivity index (χ4n) is 1.35. The molecule has 0 bridgehead atoms. The van der Waals surface area contributed by atoms with Gasteiger partial charge in [-0.25, -0.2) is 0 Å². The molecule has 0 unspecified atom stereocenters. The highest BCUT2D eigenvalue weighted by Crippen LogP contribution is 2.35. The Hall–Kier alpha value is -0.220. The van der Waals surface area contributed by atoms with Crippen molar-refractivity contribution in [2.45, 2.75) is 11.5 Å². The monoisotopic (exact) mass is 244 g/mol. The summed E-state index contributed by atoms with van der Waals surface area (Å²) in [4.78, 5) is 1.25. The number of hydrogen-bond donors (Lipinski definition) is 1. The van der Waals surface area contributed by atoms with Crippen molar-refractivity contribution in [3.63, 3.8) is 0 Å². The maximum Gasteiger partial charge on any atom is 0.0696 e. The van der Waals surface area contributed by atoms with Crippen LogP contribution in [0.25, 0.3) is 10.1 Å². The van der Waals surface area contributed by atoms with E-state index in [9.17, 15) is 0 Å². The van der Waals surface area contributed by atoms with Gasteiger partial charge in [0.2, 0.25) is 0 Å². The van der Waals surface area contributed by atoms with Crippen molar-refractivity contribution in [3.05, 3.63) is 28.1 Å². The molecule has 14 heavy (non-hydrogen) atoms. The van der Waals surface area contributed by atoms with Crippen molar-refractivity contribution in [3.8, 4) is 0 Å². The van der Waals surface area contributed by atoms with E-state index in [0.717, 1.165) is 5.56 Å². The second-order valence-electron chi connectivity index (χ2n) is 2.90. The zero-order chi connectivity index (χ0) is 10.1. The number of thioether (sulfide) groups is 1. The summed E-state index contributed by atoms with van der Waals surface area (Å²) in [6.07, 6.45) is 2.05. The molecule has 0 radical (unpaired) electrons. The first-order chi connectivity index (χ1) is 6.76. The van der Waals surface area contributed by atoms with E-state index in [1.165, 1.54) is 15.0 Å². The lowest BCUT2D eigenvalue weighted by molar-refractivity contribution is 0.282. The quantitative estimate of drug-likeness (QED) is 0.812. The molecule has 1 aromatic carbocycles. The summed E-state index contributed by atoms with van der Waals surface area (Å²) < 4.78 is 1.18. The molecule has 0 aliphatic heterocycles. The number of aliphatic hydroxyl groups is 1. The fourth-order valence-corrected chi connectivity index (χ4v) is 3.46. The second-order valence-corrected chi connectivity index (χ2v) is 5.07. The highest BCUT2D eigenvalue weighted by atomic mass is 35.5. The van der Waals surface area contributed by atoms with Crippen LogP contribution in [-0.4, -0.2) is 11.4 Å². The predicted molar refractivity (Wildman–Crippen MR) is 64.5 cm³/mol. The lowest BCUT2D eigenvalue weighted by Gasteiger charge is -2.01. The molecule has 1 aromatic heterocycles. The Kier molecular flexibility index (Phi) is 3.02.